The maximum atomic E-state index is 13.5. The number of ether oxygens (including phenoxy) is 2. The molecule has 1 fully saturated rings. The molecule has 0 aromatic heterocycles. The predicted molar refractivity (Wildman–Crippen MR) is 154 cm³/mol. The second-order valence-electron chi connectivity index (χ2n) is 11.2. The molecule has 1 amide bonds. The lowest BCUT2D eigenvalue weighted by atomic mass is 9.93. The summed E-state index contributed by atoms with van der Waals surface area (Å²) in [6.07, 6.45) is 0. The van der Waals surface area contributed by atoms with Gasteiger partial charge in [0.2, 0.25) is 0 Å². The first-order valence-corrected chi connectivity index (χ1v) is 13.5. The molecule has 1 aliphatic rings. The number of hydrogen-bond acceptors (Lipinski definition) is 6. The normalized spacial score (nSPS) is 17.0. The fraction of sp³-hybridized carbons (Fsp3) is 0.333. The second kappa shape index (κ2) is 11.5. The van der Waals surface area contributed by atoms with E-state index in [2.05, 4.69) is 0 Å². The van der Waals surface area contributed by atoms with Crippen LogP contribution in [0.1, 0.15) is 75.8 Å². The van der Waals surface area contributed by atoms with Gasteiger partial charge in [0.15, 0.2) is 0 Å². The lowest BCUT2D eigenvalue weighted by Crippen LogP contribution is -2.29. The minimum atomic E-state index is -0.847. The molecule has 1 unspecified atom stereocenters. The summed E-state index contributed by atoms with van der Waals surface area (Å²) in [7, 11) is 0. The molecule has 0 saturated carbocycles. The molecule has 4 rings (SSSR count). The van der Waals surface area contributed by atoms with Gasteiger partial charge >= 0.3 is 0 Å². The zero-order valence-electron chi connectivity index (χ0n) is 23.9. The molecule has 210 valence electrons. The molecule has 1 saturated heterocycles. The topological polar surface area (TPSA) is 96.3 Å². The van der Waals surface area contributed by atoms with Crippen molar-refractivity contribution in [2.24, 2.45) is 0 Å². The summed E-state index contributed by atoms with van der Waals surface area (Å²) in [5.41, 5.74) is 2.37. The minimum Gasteiger partial charge on any atom is -0.508 e. The highest BCUT2D eigenvalue weighted by atomic mass is 16.5. The molecule has 7 nitrogen and oxygen atoms in total. The molecule has 0 bridgehead atoms. The molecule has 7 heteroatoms. The summed E-state index contributed by atoms with van der Waals surface area (Å²) in [6.45, 7) is 12.5. The number of amides is 1. The van der Waals surface area contributed by atoms with Crippen molar-refractivity contribution in [1.29, 1.82) is 0 Å². The number of nitrogens with zero attached hydrogens (tertiary/aromatic N) is 1. The van der Waals surface area contributed by atoms with Crippen LogP contribution in [0.4, 0.5) is 0 Å². The number of benzene rings is 3. The Bertz CT molecular complexity index is 1410. The highest BCUT2D eigenvalue weighted by molar-refractivity contribution is 6.46. The van der Waals surface area contributed by atoms with E-state index in [-0.39, 0.29) is 35.1 Å². The highest BCUT2D eigenvalue weighted by Gasteiger charge is 2.46. The van der Waals surface area contributed by atoms with Crippen LogP contribution in [0, 0.1) is 0 Å². The number of ketones is 1. The Morgan fingerprint density at radius 3 is 2.20 bits per heavy atom. The van der Waals surface area contributed by atoms with Gasteiger partial charge < -0.3 is 24.6 Å². The van der Waals surface area contributed by atoms with Crippen LogP contribution < -0.4 is 9.47 Å². The minimum absolute atomic E-state index is 0.00208. The highest BCUT2D eigenvalue weighted by Crippen LogP contribution is 2.41. The summed E-state index contributed by atoms with van der Waals surface area (Å²) in [6, 6.07) is 18.1. The van der Waals surface area contributed by atoms with Crippen molar-refractivity contribution >= 4 is 17.4 Å². The molecular formula is C33H37NO6. The van der Waals surface area contributed by atoms with Crippen LogP contribution in [0.25, 0.3) is 5.76 Å². The standard InChI is InChI=1S/C33H37NO6/c1-7-39-27-17-12-23(18-26(27)20(2)3)30(36)28-29(22-10-13-24(35)14-11-22)34(32(38)31(28)37)19-21-8-15-25(16-9-21)40-33(4,5)6/h8-18,20,29,35-36H,7,19H2,1-6H3/b30-28-. The summed E-state index contributed by atoms with van der Waals surface area (Å²) in [4.78, 5) is 28.3. The van der Waals surface area contributed by atoms with Gasteiger partial charge in [-0.3, -0.25) is 9.59 Å². The zero-order chi connectivity index (χ0) is 29.2. The van der Waals surface area contributed by atoms with E-state index < -0.39 is 17.7 Å². The van der Waals surface area contributed by atoms with Crippen molar-refractivity contribution in [3.8, 4) is 17.2 Å². The molecule has 2 N–H and O–H groups in total. The largest absolute Gasteiger partial charge is 0.508 e. The van der Waals surface area contributed by atoms with Gasteiger partial charge in [0.1, 0.15) is 28.6 Å². The number of phenols is 1. The Morgan fingerprint density at radius 2 is 1.62 bits per heavy atom. The van der Waals surface area contributed by atoms with E-state index in [1.54, 1.807) is 30.3 Å². The maximum Gasteiger partial charge on any atom is 0.295 e. The number of carbonyl (C=O) groups is 2. The van der Waals surface area contributed by atoms with Crippen LogP contribution in [0.2, 0.25) is 0 Å². The average Bonchev–Trinajstić information content (AvgIpc) is 3.14. The van der Waals surface area contributed by atoms with Gasteiger partial charge in [-0.15, -0.1) is 0 Å². The lowest BCUT2D eigenvalue weighted by Gasteiger charge is -2.26. The molecule has 1 aliphatic heterocycles. The van der Waals surface area contributed by atoms with Gasteiger partial charge in [-0.05, 0) is 92.8 Å². The smallest absolute Gasteiger partial charge is 0.295 e. The number of Topliss-reactive ketones (excluding diaryl/α,β-unsaturated/α-hetero) is 1. The Labute approximate surface area is 235 Å². The molecule has 0 aliphatic carbocycles. The SMILES string of the molecule is CCOc1ccc(/C(O)=C2/C(=O)C(=O)N(Cc3ccc(OC(C)(C)C)cc3)C2c2ccc(O)cc2)cc1C(C)C. The van der Waals surface area contributed by atoms with Crippen LogP contribution in [-0.4, -0.2) is 39.0 Å². The first-order chi connectivity index (χ1) is 18.9. The first kappa shape index (κ1) is 28.7. The Morgan fingerprint density at radius 1 is 0.975 bits per heavy atom. The third kappa shape index (κ3) is 6.14. The van der Waals surface area contributed by atoms with E-state index in [4.69, 9.17) is 9.47 Å². The Hall–Kier alpha value is -4.26. The summed E-state index contributed by atoms with van der Waals surface area (Å²) >= 11 is 0. The zero-order valence-corrected chi connectivity index (χ0v) is 23.9. The Kier molecular flexibility index (Phi) is 8.24. The van der Waals surface area contributed by atoms with Crippen molar-refractivity contribution in [1.82, 2.24) is 4.90 Å². The molecule has 40 heavy (non-hydrogen) atoms. The number of phenolic OH excluding ortho intramolecular Hbond substituents is 1. The quantitative estimate of drug-likeness (QED) is 0.186. The number of rotatable bonds is 8. The first-order valence-electron chi connectivity index (χ1n) is 13.5. The number of aliphatic hydroxyl groups is 1. The number of hydrogen-bond donors (Lipinski definition) is 2. The van der Waals surface area contributed by atoms with Gasteiger partial charge in [-0.25, -0.2) is 0 Å². The van der Waals surface area contributed by atoms with E-state index in [1.807, 2.05) is 65.8 Å². The molecule has 3 aromatic rings. The van der Waals surface area contributed by atoms with E-state index >= 15 is 0 Å². The third-order valence-corrected chi connectivity index (χ3v) is 6.65. The van der Waals surface area contributed by atoms with Crippen molar-refractivity contribution in [3.63, 3.8) is 0 Å². The van der Waals surface area contributed by atoms with Crippen molar-refractivity contribution in [2.75, 3.05) is 6.61 Å². The Balaban J connectivity index is 1.78. The number of aliphatic hydroxyl groups excluding tert-OH is 1. The molecular weight excluding hydrogens is 506 g/mol. The van der Waals surface area contributed by atoms with E-state index in [0.717, 1.165) is 11.1 Å². The van der Waals surface area contributed by atoms with Gasteiger partial charge in [-0.2, -0.15) is 0 Å². The van der Waals surface area contributed by atoms with Gasteiger partial charge in [0.05, 0.1) is 18.2 Å². The third-order valence-electron chi connectivity index (χ3n) is 6.65. The molecule has 3 aromatic carbocycles. The lowest BCUT2D eigenvalue weighted by molar-refractivity contribution is -0.140. The van der Waals surface area contributed by atoms with E-state index in [9.17, 15) is 19.8 Å². The van der Waals surface area contributed by atoms with Crippen molar-refractivity contribution in [2.45, 2.75) is 65.6 Å². The van der Waals surface area contributed by atoms with Crippen LogP contribution in [0.5, 0.6) is 17.2 Å². The van der Waals surface area contributed by atoms with Crippen LogP contribution in [0.3, 0.4) is 0 Å². The van der Waals surface area contributed by atoms with E-state index in [0.29, 0.717) is 29.2 Å². The second-order valence-corrected chi connectivity index (χ2v) is 11.2. The predicted octanol–water partition coefficient (Wildman–Crippen LogP) is 6.71. The molecule has 0 spiro atoms. The molecule has 1 heterocycles. The molecule has 1 atom stereocenters. The van der Waals surface area contributed by atoms with Crippen LogP contribution in [0.15, 0.2) is 72.3 Å². The molecule has 0 radical (unpaired) electrons. The maximum absolute atomic E-state index is 13.5. The fourth-order valence-corrected chi connectivity index (χ4v) is 4.85. The van der Waals surface area contributed by atoms with Crippen LogP contribution >= 0.6 is 0 Å². The number of aromatic hydroxyl groups is 1. The monoisotopic (exact) mass is 543 g/mol. The van der Waals surface area contributed by atoms with Crippen molar-refractivity contribution < 1.29 is 29.3 Å². The number of carbonyl (C=O) groups excluding carboxylic acids is 2. The van der Waals surface area contributed by atoms with Gasteiger partial charge in [0, 0.05) is 12.1 Å². The number of likely N-dealkylation sites (tertiary alicyclic amines) is 1. The summed E-state index contributed by atoms with van der Waals surface area (Å²) in [5.74, 6) is -0.142. The van der Waals surface area contributed by atoms with Gasteiger partial charge in [0.25, 0.3) is 11.7 Å². The van der Waals surface area contributed by atoms with E-state index in [1.165, 1.54) is 17.0 Å². The fourth-order valence-electron chi connectivity index (χ4n) is 4.85. The average molecular weight is 544 g/mol. The van der Waals surface area contributed by atoms with Crippen LogP contribution in [-0.2, 0) is 16.1 Å². The summed E-state index contributed by atoms with van der Waals surface area (Å²) < 4.78 is 11.7. The van der Waals surface area contributed by atoms with Crippen molar-refractivity contribution in [3.05, 3.63) is 94.6 Å². The summed E-state index contributed by atoms with van der Waals surface area (Å²) in [5, 5.41) is 21.4. The van der Waals surface area contributed by atoms with Gasteiger partial charge in [-0.1, -0.05) is 38.1 Å².